The van der Waals surface area contributed by atoms with Crippen LogP contribution in [0.1, 0.15) is 47.0 Å². The fraction of sp³-hybridized carbons (Fsp3) is 0.933. The quantitative estimate of drug-likeness (QED) is 0.214. The van der Waals surface area contributed by atoms with E-state index in [-0.39, 0.29) is 24.0 Å². The lowest BCUT2D eigenvalue weighted by atomic mass is 10.0. The lowest BCUT2D eigenvalue weighted by Gasteiger charge is -2.18. The monoisotopic (exact) mass is 462 g/mol. The van der Waals surface area contributed by atoms with Crippen LogP contribution in [-0.4, -0.2) is 57.7 Å². The maximum Gasteiger partial charge on any atom is 0.211 e. The van der Waals surface area contributed by atoms with E-state index in [0.29, 0.717) is 25.6 Å². The molecule has 8 heteroatoms. The molecular formula is C15H35IN4O2S. The number of guanidine groups is 1. The summed E-state index contributed by atoms with van der Waals surface area (Å²) in [6.45, 7) is 11.7. The number of halogens is 1. The van der Waals surface area contributed by atoms with Crippen LogP contribution in [0.15, 0.2) is 4.99 Å². The molecular weight excluding hydrogens is 427 g/mol. The first kappa shape index (κ1) is 25.2. The summed E-state index contributed by atoms with van der Waals surface area (Å²) >= 11 is 0. The van der Waals surface area contributed by atoms with Crippen LogP contribution < -0.4 is 10.6 Å². The summed E-state index contributed by atoms with van der Waals surface area (Å²) in [6, 6.07) is 0. The van der Waals surface area contributed by atoms with Gasteiger partial charge in [0.2, 0.25) is 10.0 Å². The van der Waals surface area contributed by atoms with Crippen LogP contribution in [0, 0.1) is 5.92 Å². The van der Waals surface area contributed by atoms with Crippen LogP contribution in [0.5, 0.6) is 0 Å². The molecule has 6 nitrogen and oxygen atoms in total. The second kappa shape index (κ2) is 14.3. The van der Waals surface area contributed by atoms with Gasteiger partial charge in [-0.15, -0.1) is 24.0 Å². The number of nitrogens with one attached hydrogen (secondary N) is 2. The van der Waals surface area contributed by atoms with Crippen LogP contribution >= 0.6 is 24.0 Å². The summed E-state index contributed by atoms with van der Waals surface area (Å²) in [6.07, 6.45) is 4.29. The number of hydrogen-bond donors (Lipinski definition) is 2. The Morgan fingerprint density at radius 1 is 1.13 bits per heavy atom. The van der Waals surface area contributed by atoms with Crippen LogP contribution in [0.25, 0.3) is 0 Å². The van der Waals surface area contributed by atoms with E-state index < -0.39 is 10.0 Å². The molecule has 0 radical (unpaired) electrons. The lowest BCUT2D eigenvalue weighted by molar-refractivity contribution is 0.424. The van der Waals surface area contributed by atoms with Gasteiger partial charge in [-0.05, 0) is 19.3 Å². The van der Waals surface area contributed by atoms with Crippen LogP contribution in [0.3, 0.4) is 0 Å². The predicted molar refractivity (Wildman–Crippen MR) is 110 cm³/mol. The minimum atomic E-state index is -3.09. The fourth-order valence-electron chi connectivity index (χ4n) is 2.13. The van der Waals surface area contributed by atoms with Gasteiger partial charge >= 0.3 is 0 Å². The number of rotatable bonds is 11. The van der Waals surface area contributed by atoms with Crippen molar-refractivity contribution < 1.29 is 8.42 Å². The minimum Gasteiger partial charge on any atom is -0.357 e. The average molecular weight is 462 g/mol. The fourth-order valence-corrected chi connectivity index (χ4v) is 3.06. The molecule has 0 heterocycles. The molecule has 0 aromatic carbocycles. The Labute approximate surface area is 160 Å². The molecule has 0 atom stereocenters. The summed E-state index contributed by atoms with van der Waals surface area (Å²) in [5, 5.41) is 6.50. The predicted octanol–water partition coefficient (Wildman–Crippen LogP) is 2.27. The maximum absolute atomic E-state index is 11.5. The lowest BCUT2D eigenvalue weighted by Crippen LogP contribution is -2.39. The van der Waals surface area contributed by atoms with Crippen molar-refractivity contribution in [1.29, 1.82) is 0 Å². The molecule has 140 valence electrons. The first-order chi connectivity index (χ1) is 10.4. The van der Waals surface area contributed by atoms with Crippen molar-refractivity contribution in [1.82, 2.24) is 14.9 Å². The first-order valence-corrected chi connectivity index (χ1v) is 10.2. The van der Waals surface area contributed by atoms with Crippen molar-refractivity contribution in [3.63, 3.8) is 0 Å². The van der Waals surface area contributed by atoms with E-state index >= 15 is 0 Å². The molecule has 0 aromatic rings. The van der Waals surface area contributed by atoms with Crippen molar-refractivity contribution in [2.45, 2.75) is 47.0 Å². The Bertz CT molecular complexity index is 412. The Hall–Kier alpha value is -0.0900. The number of sulfonamides is 1. The van der Waals surface area contributed by atoms with E-state index in [0.717, 1.165) is 38.3 Å². The molecule has 0 saturated heterocycles. The highest BCUT2D eigenvalue weighted by atomic mass is 127. The molecule has 2 N–H and O–H groups in total. The van der Waals surface area contributed by atoms with E-state index in [1.54, 1.807) is 0 Å². The summed E-state index contributed by atoms with van der Waals surface area (Å²) in [7, 11) is -3.09. The van der Waals surface area contributed by atoms with Gasteiger partial charge in [0.15, 0.2) is 5.96 Å². The molecule has 23 heavy (non-hydrogen) atoms. The molecule has 0 amide bonds. The molecule has 0 bridgehead atoms. The zero-order valence-corrected chi connectivity index (χ0v) is 18.4. The van der Waals surface area contributed by atoms with Gasteiger partial charge in [-0.2, -0.15) is 0 Å². The summed E-state index contributed by atoms with van der Waals surface area (Å²) in [5.41, 5.74) is 0. The standard InChI is InChI=1S/C15H34N4O2S.HI/c1-6-14(7-2)13-18-15(16-8-3)17-11-10-12-19(9-4)22(5,20)21;/h14H,6-13H2,1-5H3,(H2,16,17,18);1H. The van der Waals surface area contributed by atoms with Gasteiger partial charge in [0.05, 0.1) is 6.26 Å². The minimum absolute atomic E-state index is 0. The number of nitrogens with zero attached hydrogens (tertiary/aromatic N) is 2. The SMILES string of the molecule is CCNC(=NCC(CC)CC)NCCCN(CC)S(C)(=O)=O.I. The second-order valence-corrected chi connectivity index (χ2v) is 7.42. The van der Waals surface area contributed by atoms with E-state index in [2.05, 4.69) is 29.5 Å². The largest absolute Gasteiger partial charge is 0.357 e. The highest BCUT2D eigenvalue weighted by molar-refractivity contribution is 14.0. The van der Waals surface area contributed by atoms with Gasteiger partial charge in [0.25, 0.3) is 0 Å². The van der Waals surface area contributed by atoms with Crippen molar-refractivity contribution >= 4 is 40.0 Å². The maximum atomic E-state index is 11.5. The zero-order valence-electron chi connectivity index (χ0n) is 15.3. The summed E-state index contributed by atoms with van der Waals surface area (Å²) in [5.74, 6) is 1.44. The van der Waals surface area contributed by atoms with Crippen molar-refractivity contribution in [2.24, 2.45) is 10.9 Å². The van der Waals surface area contributed by atoms with E-state index in [4.69, 9.17) is 0 Å². The number of hydrogen-bond acceptors (Lipinski definition) is 3. The number of aliphatic imine (C=N–C) groups is 1. The van der Waals surface area contributed by atoms with Gasteiger partial charge in [0, 0.05) is 32.7 Å². The molecule has 0 aliphatic carbocycles. The molecule has 0 aliphatic heterocycles. The van der Waals surface area contributed by atoms with Crippen LogP contribution in [-0.2, 0) is 10.0 Å². The normalized spacial score (nSPS) is 12.4. The molecule has 0 aromatic heterocycles. The third kappa shape index (κ3) is 12.0. The van der Waals surface area contributed by atoms with E-state index in [9.17, 15) is 8.42 Å². The second-order valence-electron chi connectivity index (χ2n) is 5.44. The van der Waals surface area contributed by atoms with E-state index in [1.165, 1.54) is 10.6 Å². The Balaban J connectivity index is 0. The Morgan fingerprint density at radius 3 is 2.17 bits per heavy atom. The smallest absolute Gasteiger partial charge is 0.211 e. The highest BCUT2D eigenvalue weighted by Gasteiger charge is 2.13. The summed E-state index contributed by atoms with van der Waals surface area (Å²) < 4.78 is 24.5. The zero-order chi connectivity index (χ0) is 17.0. The Morgan fingerprint density at radius 2 is 1.74 bits per heavy atom. The molecule has 0 saturated carbocycles. The molecule has 0 spiro atoms. The van der Waals surface area contributed by atoms with Crippen molar-refractivity contribution in [2.75, 3.05) is 39.0 Å². The highest BCUT2D eigenvalue weighted by Crippen LogP contribution is 2.07. The van der Waals surface area contributed by atoms with Gasteiger partial charge in [-0.1, -0.05) is 33.6 Å². The van der Waals surface area contributed by atoms with Gasteiger partial charge in [0.1, 0.15) is 0 Å². The molecule has 0 rings (SSSR count). The molecule has 0 aliphatic rings. The van der Waals surface area contributed by atoms with Gasteiger partial charge < -0.3 is 10.6 Å². The van der Waals surface area contributed by atoms with Crippen LogP contribution in [0.4, 0.5) is 0 Å². The Kier molecular flexibility index (Phi) is 15.6. The van der Waals surface area contributed by atoms with Crippen molar-refractivity contribution in [3.05, 3.63) is 0 Å². The molecule has 0 fully saturated rings. The van der Waals surface area contributed by atoms with Gasteiger partial charge in [-0.25, -0.2) is 12.7 Å². The third-order valence-corrected chi connectivity index (χ3v) is 5.08. The third-order valence-electron chi connectivity index (χ3n) is 3.70. The van der Waals surface area contributed by atoms with Crippen LogP contribution in [0.2, 0.25) is 0 Å². The average Bonchev–Trinajstić information content (AvgIpc) is 2.46. The first-order valence-electron chi connectivity index (χ1n) is 8.36. The topological polar surface area (TPSA) is 73.8 Å². The van der Waals surface area contributed by atoms with Gasteiger partial charge in [-0.3, -0.25) is 4.99 Å². The van der Waals surface area contributed by atoms with E-state index in [1.807, 2.05) is 13.8 Å². The summed E-state index contributed by atoms with van der Waals surface area (Å²) in [4.78, 5) is 4.60. The molecule has 0 unspecified atom stereocenters. The van der Waals surface area contributed by atoms with Crippen molar-refractivity contribution in [3.8, 4) is 0 Å².